The van der Waals surface area contributed by atoms with Gasteiger partial charge in [-0.1, -0.05) is 15.9 Å². The van der Waals surface area contributed by atoms with E-state index in [-0.39, 0.29) is 0 Å². The van der Waals surface area contributed by atoms with Crippen LogP contribution < -0.4 is 5.73 Å². The van der Waals surface area contributed by atoms with Gasteiger partial charge in [0.1, 0.15) is 0 Å². The first-order valence-electron chi connectivity index (χ1n) is 5.79. The Hall–Kier alpha value is -0.800. The van der Waals surface area contributed by atoms with Crippen molar-refractivity contribution in [1.29, 1.82) is 0 Å². The van der Waals surface area contributed by atoms with E-state index < -0.39 is 0 Å². The molecule has 3 N–H and O–H groups in total. The molecule has 1 aliphatic rings. The minimum atomic E-state index is 0.698. The number of nitrogens with two attached hydrogens (primary N) is 1. The lowest BCUT2D eigenvalue weighted by atomic mass is 10.1. The minimum Gasteiger partial charge on any atom is -0.358 e. The van der Waals surface area contributed by atoms with E-state index in [1.54, 1.807) is 0 Å². The molecule has 0 spiro atoms. The number of nitrogens with one attached hydrogen (secondary N) is 1. The Morgan fingerprint density at radius 2 is 2.12 bits per heavy atom. The molecule has 0 aliphatic heterocycles. The van der Waals surface area contributed by atoms with Gasteiger partial charge in [-0.05, 0) is 55.5 Å². The largest absolute Gasteiger partial charge is 0.358 e. The molecule has 1 aliphatic carbocycles. The third kappa shape index (κ3) is 1.78. The van der Waals surface area contributed by atoms with Crippen molar-refractivity contribution in [2.24, 2.45) is 5.73 Å². The van der Waals surface area contributed by atoms with Crippen molar-refractivity contribution in [2.45, 2.75) is 25.2 Å². The van der Waals surface area contributed by atoms with Gasteiger partial charge in [-0.25, -0.2) is 0 Å². The molecular formula is C13H15BrN2. The summed E-state index contributed by atoms with van der Waals surface area (Å²) < 4.78 is 1.14. The van der Waals surface area contributed by atoms with Crippen LogP contribution in [0.15, 0.2) is 22.7 Å². The number of aromatic amines is 1. The molecule has 1 saturated carbocycles. The van der Waals surface area contributed by atoms with Gasteiger partial charge in [0, 0.05) is 21.1 Å². The van der Waals surface area contributed by atoms with Gasteiger partial charge in [0.25, 0.3) is 0 Å². The molecule has 1 aromatic carbocycles. The first kappa shape index (κ1) is 10.4. The maximum Gasteiger partial charge on any atom is 0.0489 e. The maximum absolute atomic E-state index is 5.65. The Morgan fingerprint density at radius 3 is 2.81 bits per heavy atom. The smallest absolute Gasteiger partial charge is 0.0489 e. The van der Waals surface area contributed by atoms with Crippen molar-refractivity contribution < 1.29 is 0 Å². The summed E-state index contributed by atoms with van der Waals surface area (Å²) in [6.07, 6.45) is 3.60. The van der Waals surface area contributed by atoms with Crippen molar-refractivity contribution >= 4 is 26.8 Å². The van der Waals surface area contributed by atoms with Gasteiger partial charge in [0.05, 0.1) is 0 Å². The van der Waals surface area contributed by atoms with Gasteiger partial charge in [-0.3, -0.25) is 0 Å². The third-order valence-corrected chi connectivity index (χ3v) is 3.68. The van der Waals surface area contributed by atoms with Crippen LogP contribution in [0.1, 0.15) is 30.0 Å². The van der Waals surface area contributed by atoms with Crippen LogP contribution >= 0.6 is 15.9 Å². The molecule has 2 aromatic rings. The fourth-order valence-electron chi connectivity index (χ4n) is 2.27. The number of H-pyrrole nitrogens is 1. The van der Waals surface area contributed by atoms with Crippen molar-refractivity contribution in [1.82, 2.24) is 4.98 Å². The van der Waals surface area contributed by atoms with Crippen molar-refractivity contribution in [2.75, 3.05) is 6.54 Å². The lowest BCUT2D eigenvalue weighted by Gasteiger charge is -2.02. The first-order valence-corrected chi connectivity index (χ1v) is 6.58. The second-order valence-electron chi connectivity index (χ2n) is 4.57. The van der Waals surface area contributed by atoms with Gasteiger partial charge in [-0.15, -0.1) is 0 Å². The number of hydrogen-bond donors (Lipinski definition) is 2. The lowest BCUT2D eigenvalue weighted by molar-refractivity contribution is 0.970. The summed E-state index contributed by atoms with van der Waals surface area (Å²) in [7, 11) is 0. The number of fused-ring (bicyclic) bond motifs is 1. The summed E-state index contributed by atoms with van der Waals surface area (Å²) in [6, 6.07) is 6.64. The molecule has 3 heteroatoms. The standard InChI is InChI=1S/C13H15BrN2/c14-11-5-9(3-4-15)13-10(6-11)7-12(16-13)8-1-2-8/h5-8,16H,1-4,15H2. The van der Waals surface area contributed by atoms with E-state index in [9.17, 15) is 0 Å². The van der Waals surface area contributed by atoms with E-state index in [0.717, 1.165) is 16.8 Å². The quantitative estimate of drug-likeness (QED) is 0.889. The number of halogens is 1. The molecule has 16 heavy (non-hydrogen) atoms. The number of hydrogen-bond acceptors (Lipinski definition) is 1. The molecule has 0 atom stereocenters. The summed E-state index contributed by atoms with van der Waals surface area (Å²) >= 11 is 3.56. The summed E-state index contributed by atoms with van der Waals surface area (Å²) in [6.45, 7) is 0.698. The average Bonchev–Trinajstić information content (AvgIpc) is 3.00. The summed E-state index contributed by atoms with van der Waals surface area (Å²) in [4.78, 5) is 3.56. The Balaban J connectivity index is 2.15. The molecule has 0 radical (unpaired) electrons. The van der Waals surface area contributed by atoms with Crippen LogP contribution in [0.4, 0.5) is 0 Å². The molecule has 1 heterocycles. The highest BCUT2D eigenvalue weighted by molar-refractivity contribution is 9.10. The molecule has 1 fully saturated rings. The SMILES string of the molecule is NCCc1cc(Br)cc2cc(C3CC3)[nH]c12. The van der Waals surface area contributed by atoms with E-state index >= 15 is 0 Å². The summed E-state index contributed by atoms with van der Waals surface area (Å²) in [5.41, 5.74) is 9.64. The molecular weight excluding hydrogens is 264 g/mol. The number of rotatable bonds is 3. The number of aromatic nitrogens is 1. The molecule has 2 nitrogen and oxygen atoms in total. The van der Waals surface area contributed by atoms with Crippen LogP contribution in [-0.4, -0.2) is 11.5 Å². The zero-order valence-corrected chi connectivity index (χ0v) is 10.7. The molecule has 0 saturated heterocycles. The van der Waals surface area contributed by atoms with E-state index in [0.29, 0.717) is 6.54 Å². The topological polar surface area (TPSA) is 41.8 Å². The van der Waals surface area contributed by atoms with Gasteiger partial charge in [0.2, 0.25) is 0 Å². The predicted octanol–water partition coefficient (Wildman–Crippen LogP) is 3.31. The fourth-order valence-corrected chi connectivity index (χ4v) is 2.79. The molecule has 0 amide bonds. The highest BCUT2D eigenvalue weighted by Crippen LogP contribution is 2.41. The number of benzene rings is 1. The second kappa shape index (κ2) is 3.90. The van der Waals surface area contributed by atoms with Crippen molar-refractivity contribution in [3.05, 3.63) is 33.9 Å². The van der Waals surface area contributed by atoms with E-state index in [1.165, 1.54) is 35.0 Å². The molecule has 1 aromatic heterocycles. The highest BCUT2D eigenvalue weighted by atomic mass is 79.9. The van der Waals surface area contributed by atoms with E-state index in [2.05, 4.69) is 39.1 Å². The Kier molecular flexibility index (Phi) is 2.52. The Morgan fingerprint density at radius 1 is 1.31 bits per heavy atom. The Labute approximate surface area is 103 Å². The van der Waals surface area contributed by atoms with Crippen molar-refractivity contribution in [3.63, 3.8) is 0 Å². The lowest BCUT2D eigenvalue weighted by Crippen LogP contribution is -2.03. The van der Waals surface area contributed by atoms with E-state index in [1.807, 2.05) is 0 Å². The van der Waals surface area contributed by atoms with Gasteiger partial charge >= 0.3 is 0 Å². The zero-order chi connectivity index (χ0) is 11.1. The first-order chi connectivity index (χ1) is 7.78. The zero-order valence-electron chi connectivity index (χ0n) is 9.09. The third-order valence-electron chi connectivity index (χ3n) is 3.23. The average molecular weight is 279 g/mol. The monoisotopic (exact) mass is 278 g/mol. The summed E-state index contributed by atoms with van der Waals surface area (Å²) in [5.74, 6) is 0.775. The minimum absolute atomic E-state index is 0.698. The highest BCUT2D eigenvalue weighted by Gasteiger charge is 2.25. The molecule has 84 valence electrons. The fraction of sp³-hybridized carbons (Fsp3) is 0.385. The summed E-state index contributed by atoms with van der Waals surface area (Å²) in [5, 5.41) is 1.31. The van der Waals surface area contributed by atoms with Crippen molar-refractivity contribution in [3.8, 4) is 0 Å². The molecule has 3 rings (SSSR count). The van der Waals surface area contributed by atoms with Crippen LogP contribution in [0.5, 0.6) is 0 Å². The van der Waals surface area contributed by atoms with Gasteiger partial charge < -0.3 is 10.7 Å². The van der Waals surface area contributed by atoms with Crippen LogP contribution in [-0.2, 0) is 6.42 Å². The van der Waals surface area contributed by atoms with Crippen LogP contribution in [0.3, 0.4) is 0 Å². The van der Waals surface area contributed by atoms with Crippen LogP contribution in [0.25, 0.3) is 10.9 Å². The second-order valence-corrected chi connectivity index (χ2v) is 5.48. The van der Waals surface area contributed by atoms with Gasteiger partial charge in [-0.2, -0.15) is 0 Å². The van der Waals surface area contributed by atoms with Crippen LogP contribution in [0, 0.1) is 0 Å². The van der Waals surface area contributed by atoms with E-state index in [4.69, 9.17) is 5.73 Å². The maximum atomic E-state index is 5.65. The molecule has 0 unspecified atom stereocenters. The normalized spacial score (nSPS) is 15.9. The predicted molar refractivity (Wildman–Crippen MR) is 70.7 cm³/mol. The van der Waals surface area contributed by atoms with Gasteiger partial charge in [0.15, 0.2) is 0 Å². The molecule has 0 bridgehead atoms. The van der Waals surface area contributed by atoms with Crippen LogP contribution in [0.2, 0.25) is 0 Å². The Bertz CT molecular complexity index is 526.